The highest BCUT2D eigenvalue weighted by Gasteiger charge is 2.26. The van der Waals surface area contributed by atoms with Crippen molar-refractivity contribution in [2.24, 2.45) is 0 Å². The highest BCUT2D eigenvalue weighted by atomic mass is 32.2. The zero-order valence-corrected chi connectivity index (χ0v) is 18.8. The Bertz CT molecular complexity index is 1360. The van der Waals surface area contributed by atoms with Gasteiger partial charge in [-0.3, -0.25) is 4.79 Å². The minimum absolute atomic E-state index is 0.0362. The Balaban J connectivity index is 1.76. The number of sulfonamides is 1. The number of aromatic amines is 1. The Morgan fingerprint density at radius 2 is 1.81 bits per heavy atom. The van der Waals surface area contributed by atoms with Gasteiger partial charge in [-0.25, -0.2) is 8.42 Å². The van der Waals surface area contributed by atoms with Gasteiger partial charge in [0.1, 0.15) is 5.75 Å². The van der Waals surface area contributed by atoms with Crippen molar-refractivity contribution >= 4 is 32.3 Å². The molecule has 31 heavy (non-hydrogen) atoms. The second-order valence-electron chi connectivity index (χ2n) is 7.19. The van der Waals surface area contributed by atoms with Crippen LogP contribution in [0.5, 0.6) is 5.75 Å². The van der Waals surface area contributed by atoms with Crippen molar-refractivity contribution in [1.29, 1.82) is 0 Å². The molecule has 0 unspecified atom stereocenters. The maximum atomic E-state index is 13.5. The number of benzene rings is 2. The number of fused-ring (bicyclic) bond motifs is 1. The number of rotatable bonds is 7. The van der Waals surface area contributed by atoms with Crippen LogP contribution in [0.1, 0.15) is 16.0 Å². The van der Waals surface area contributed by atoms with Crippen molar-refractivity contribution in [1.82, 2.24) is 9.29 Å². The molecule has 0 aliphatic carbocycles. The van der Waals surface area contributed by atoms with Crippen molar-refractivity contribution in [3.8, 4) is 5.75 Å². The van der Waals surface area contributed by atoms with E-state index in [0.717, 1.165) is 21.3 Å². The maximum absolute atomic E-state index is 13.5. The molecule has 160 valence electrons. The molecule has 4 aromatic rings. The molecule has 0 fully saturated rings. The number of thiophene rings is 1. The van der Waals surface area contributed by atoms with Gasteiger partial charge in [0.25, 0.3) is 5.56 Å². The molecule has 0 spiro atoms. The summed E-state index contributed by atoms with van der Waals surface area (Å²) < 4.78 is 33.4. The molecule has 2 aromatic carbocycles. The number of pyridine rings is 1. The molecule has 0 bridgehead atoms. The molecule has 0 aliphatic rings. The Hall–Kier alpha value is -2.94. The van der Waals surface area contributed by atoms with E-state index in [2.05, 4.69) is 4.98 Å². The molecule has 4 rings (SSSR count). The predicted molar refractivity (Wildman–Crippen MR) is 123 cm³/mol. The van der Waals surface area contributed by atoms with Gasteiger partial charge in [-0.15, -0.1) is 11.3 Å². The van der Waals surface area contributed by atoms with E-state index in [1.54, 1.807) is 18.2 Å². The van der Waals surface area contributed by atoms with Crippen LogP contribution < -0.4 is 10.3 Å². The molecule has 0 aliphatic heterocycles. The first-order valence-electron chi connectivity index (χ1n) is 9.66. The SMILES string of the molecule is COc1ccc(S(=O)(=O)N(Cc2cccs2)Cc2cc3cccc(C)c3[nH]c2=O)cc1. The quantitative estimate of drug-likeness (QED) is 0.452. The fourth-order valence-electron chi connectivity index (χ4n) is 3.43. The largest absolute Gasteiger partial charge is 0.497 e. The van der Waals surface area contributed by atoms with E-state index >= 15 is 0 Å². The van der Waals surface area contributed by atoms with E-state index in [1.165, 1.54) is 34.9 Å². The van der Waals surface area contributed by atoms with E-state index in [1.807, 2.05) is 42.6 Å². The molecule has 6 nitrogen and oxygen atoms in total. The monoisotopic (exact) mass is 454 g/mol. The molecule has 0 radical (unpaired) electrons. The number of nitrogens with one attached hydrogen (secondary N) is 1. The lowest BCUT2D eigenvalue weighted by atomic mass is 10.1. The van der Waals surface area contributed by atoms with Gasteiger partial charge in [0, 0.05) is 23.5 Å². The summed E-state index contributed by atoms with van der Waals surface area (Å²) in [5.41, 5.74) is 1.83. The highest BCUT2D eigenvalue weighted by Crippen LogP contribution is 2.25. The summed E-state index contributed by atoms with van der Waals surface area (Å²) in [6.07, 6.45) is 0. The minimum atomic E-state index is -3.85. The first-order valence-corrected chi connectivity index (χ1v) is 12.0. The van der Waals surface area contributed by atoms with Crippen LogP contribution >= 0.6 is 11.3 Å². The summed E-state index contributed by atoms with van der Waals surface area (Å²) in [5, 5.41) is 2.77. The van der Waals surface area contributed by atoms with E-state index in [9.17, 15) is 13.2 Å². The van der Waals surface area contributed by atoms with Gasteiger partial charge in [-0.1, -0.05) is 24.3 Å². The third-order valence-electron chi connectivity index (χ3n) is 5.12. The van der Waals surface area contributed by atoms with Gasteiger partial charge in [-0.2, -0.15) is 4.31 Å². The van der Waals surface area contributed by atoms with Crippen molar-refractivity contribution < 1.29 is 13.2 Å². The average molecular weight is 455 g/mol. The molecule has 1 N–H and O–H groups in total. The molecule has 0 saturated carbocycles. The van der Waals surface area contributed by atoms with Crippen LogP contribution in [-0.4, -0.2) is 24.8 Å². The minimum Gasteiger partial charge on any atom is -0.497 e. The zero-order valence-electron chi connectivity index (χ0n) is 17.2. The van der Waals surface area contributed by atoms with Gasteiger partial charge in [-0.05, 0) is 59.7 Å². The number of hydrogen-bond acceptors (Lipinski definition) is 5. The molecule has 8 heteroatoms. The molecule has 2 heterocycles. The molecule has 0 amide bonds. The number of aromatic nitrogens is 1. The summed E-state index contributed by atoms with van der Waals surface area (Å²) in [5.74, 6) is 0.574. The summed E-state index contributed by atoms with van der Waals surface area (Å²) in [6, 6.07) is 17.5. The van der Waals surface area contributed by atoms with Crippen molar-refractivity contribution in [3.05, 3.63) is 92.4 Å². The predicted octanol–water partition coefficient (Wildman–Crippen LogP) is 4.30. The van der Waals surface area contributed by atoms with E-state index in [-0.39, 0.29) is 23.5 Å². The molecule has 0 atom stereocenters. The fourth-order valence-corrected chi connectivity index (χ4v) is 5.63. The summed E-state index contributed by atoms with van der Waals surface area (Å²) >= 11 is 1.48. The van der Waals surface area contributed by atoms with Crippen LogP contribution in [-0.2, 0) is 23.1 Å². The van der Waals surface area contributed by atoms with Gasteiger partial charge >= 0.3 is 0 Å². The van der Waals surface area contributed by atoms with Crippen LogP contribution in [0, 0.1) is 6.92 Å². The van der Waals surface area contributed by atoms with Gasteiger partial charge in [0.05, 0.1) is 17.5 Å². The normalized spacial score (nSPS) is 11.8. The Morgan fingerprint density at radius 3 is 2.48 bits per heavy atom. The van der Waals surface area contributed by atoms with Crippen molar-refractivity contribution in [2.45, 2.75) is 24.9 Å². The fraction of sp³-hybridized carbons (Fsp3) is 0.174. The summed E-state index contributed by atoms with van der Waals surface area (Å²) in [7, 11) is -2.32. The molecular formula is C23H22N2O4S2. The van der Waals surface area contributed by atoms with Crippen LogP contribution in [0.3, 0.4) is 0 Å². The van der Waals surface area contributed by atoms with Crippen LogP contribution in [0.2, 0.25) is 0 Å². The lowest BCUT2D eigenvalue weighted by Gasteiger charge is -2.22. The lowest BCUT2D eigenvalue weighted by molar-refractivity contribution is 0.401. The van der Waals surface area contributed by atoms with E-state index in [0.29, 0.717) is 11.3 Å². The third-order valence-corrected chi connectivity index (χ3v) is 7.79. The number of hydrogen-bond donors (Lipinski definition) is 1. The standard InChI is InChI=1S/C23H22N2O4S2/c1-16-5-3-6-17-13-18(23(26)24-22(16)17)14-25(15-20-7-4-12-30-20)31(27,28)21-10-8-19(29-2)9-11-21/h3-13H,14-15H2,1-2H3,(H,24,26). The third kappa shape index (κ3) is 4.41. The average Bonchev–Trinajstić information content (AvgIpc) is 3.28. The second kappa shape index (κ2) is 8.66. The number of methoxy groups -OCH3 is 1. The number of nitrogens with zero attached hydrogens (tertiary/aromatic N) is 1. The molecule has 0 saturated heterocycles. The lowest BCUT2D eigenvalue weighted by Crippen LogP contribution is -2.32. The molecule has 2 aromatic heterocycles. The highest BCUT2D eigenvalue weighted by molar-refractivity contribution is 7.89. The summed E-state index contributed by atoms with van der Waals surface area (Å²) in [6.45, 7) is 2.07. The summed E-state index contributed by atoms with van der Waals surface area (Å²) in [4.78, 5) is 16.7. The zero-order chi connectivity index (χ0) is 22.0. The van der Waals surface area contributed by atoms with Gasteiger partial charge < -0.3 is 9.72 Å². The smallest absolute Gasteiger partial charge is 0.252 e. The van der Waals surface area contributed by atoms with Crippen molar-refractivity contribution in [2.75, 3.05) is 7.11 Å². The Kier molecular flexibility index (Phi) is 5.95. The van der Waals surface area contributed by atoms with Gasteiger partial charge in [0.2, 0.25) is 10.0 Å². The Labute approximate surface area is 184 Å². The Morgan fingerprint density at radius 1 is 1.03 bits per heavy atom. The van der Waals surface area contributed by atoms with E-state index in [4.69, 9.17) is 4.74 Å². The first kappa shape index (κ1) is 21.3. The number of para-hydroxylation sites is 1. The number of aryl methyl sites for hydroxylation is 1. The second-order valence-corrected chi connectivity index (χ2v) is 10.2. The topological polar surface area (TPSA) is 79.5 Å². The maximum Gasteiger partial charge on any atom is 0.252 e. The molecular weight excluding hydrogens is 432 g/mol. The van der Waals surface area contributed by atoms with Crippen LogP contribution in [0.4, 0.5) is 0 Å². The number of ether oxygens (including phenoxy) is 1. The van der Waals surface area contributed by atoms with Crippen LogP contribution in [0.15, 0.2) is 75.7 Å². The van der Waals surface area contributed by atoms with E-state index < -0.39 is 10.0 Å². The first-order chi connectivity index (χ1) is 14.9. The number of H-pyrrole nitrogens is 1. The van der Waals surface area contributed by atoms with Crippen LogP contribution in [0.25, 0.3) is 10.9 Å². The van der Waals surface area contributed by atoms with Gasteiger partial charge in [0.15, 0.2) is 0 Å². The van der Waals surface area contributed by atoms with Crippen molar-refractivity contribution in [3.63, 3.8) is 0 Å².